The van der Waals surface area contributed by atoms with Gasteiger partial charge in [-0.05, 0) is 62.4 Å². The molecule has 1 aromatic carbocycles. The average Bonchev–Trinajstić information content (AvgIpc) is 3.35. The fourth-order valence-corrected chi connectivity index (χ4v) is 4.30. The molecule has 156 valence electrons. The normalized spacial score (nSPS) is 16.6. The molecular weight excluding hydrogens is 408 g/mol. The Bertz CT molecular complexity index is 1090. The minimum Gasteiger partial charge on any atom is -0.465 e. The number of rotatable bonds is 5. The van der Waals surface area contributed by atoms with Crippen LogP contribution in [0.1, 0.15) is 23.9 Å². The molecule has 8 nitrogen and oxygen atoms in total. The quantitative estimate of drug-likeness (QED) is 0.533. The molecule has 1 saturated heterocycles. The van der Waals surface area contributed by atoms with E-state index in [1.165, 1.54) is 0 Å². The molecule has 30 heavy (non-hydrogen) atoms. The molecule has 4 rings (SSSR count). The molecular formula is C21H20N2O6S. The zero-order chi connectivity index (χ0) is 21.4. The fourth-order valence-electron chi connectivity index (χ4n) is 3.47. The van der Waals surface area contributed by atoms with Gasteiger partial charge in [0, 0.05) is 23.1 Å². The molecule has 0 saturated carbocycles. The van der Waals surface area contributed by atoms with E-state index in [-0.39, 0.29) is 24.8 Å². The summed E-state index contributed by atoms with van der Waals surface area (Å²) in [4.78, 5) is 37.7. The van der Waals surface area contributed by atoms with Gasteiger partial charge in [-0.15, -0.1) is 0 Å². The summed E-state index contributed by atoms with van der Waals surface area (Å²) < 4.78 is 17.7. The number of hydrogen-bond acceptors (Lipinski definition) is 7. The Balaban J connectivity index is 1.62. The van der Waals surface area contributed by atoms with Crippen LogP contribution in [0.2, 0.25) is 0 Å². The third-order valence-corrected chi connectivity index (χ3v) is 5.74. The lowest BCUT2D eigenvalue weighted by molar-refractivity contribution is -0.145. The zero-order valence-electron chi connectivity index (χ0n) is 16.8. The number of hydrogen-bond donors (Lipinski definition) is 0. The summed E-state index contributed by atoms with van der Waals surface area (Å²) in [6.07, 6.45) is 1.68. The number of aryl methyl sites for hydroxylation is 1. The van der Waals surface area contributed by atoms with Gasteiger partial charge in [0.25, 0.3) is 11.1 Å². The maximum atomic E-state index is 12.6. The smallest absolute Gasteiger partial charge is 0.326 e. The summed E-state index contributed by atoms with van der Waals surface area (Å²) in [7, 11) is 0. The monoisotopic (exact) mass is 428 g/mol. The maximum Gasteiger partial charge on any atom is 0.326 e. The van der Waals surface area contributed by atoms with Crippen molar-refractivity contribution in [2.45, 2.75) is 20.8 Å². The van der Waals surface area contributed by atoms with Gasteiger partial charge < -0.3 is 18.8 Å². The van der Waals surface area contributed by atoms with Crippen molar-refractivity contribution in [2.75, 3.05) is 19.9 Å². The van der Waals surface area contributed by atoms with Gasteiger partial charge in [0.05, 0.1) is 11.5 Å². The lowest BCUT2D eigenvalue weighted by atomic mass is 10.2. The van der Waals surface area contributed by atoms with Crippen LogP contribution in [0.15, 0.2) is 29.2 Å². The number of esters is 1. The first kappa shape index (κ1) is 20.1. The van der Waals surface area contributed by atoms with Gasteiger partial charge in [0.1, 0.15) is 6.54 Å². The summed E-state index contributed by atoms with van der Waals surface area (Å²) in [6, 6.07) is 7.64. The molecule has 2 amide bonds. The number of thioether (sulfide) groups is 1. The third-order valence-electron chi connectivity index (χ3n) is 4.84. The van der Waals surface area contributed by atoms with Gasteiger partial charge in [-0.2, -0.15) is 0 Å². The first-order valence-electron chi connectivity index (χ1n) is 9.39. The van der Waals surface area contributed by atoms with Crippen LogP contribution in [0.4, 0.5) is 4.79 Å². The summed E-state index contributed by atoms with van der Waals surface area (Å²) in [5.74, 6) is 0.284. The summed E-state index contributed by atoms with van der Waals surface area (Å²) in [5.41, 5.74) is 3.59. The predicted molar refractivity (Wildman–Crippen MR) is 111 cm³/mol. The van der Waals surface area contributed by atoms with Crippen molar-refractivity contribution in [3.63, 3.8) is 0 Å². The Kier molecular flexibility index (Phi) is 5.29. The Morgan fingerprint density at radius 3 is 2.73 bits per heavy atom. The van der Waals surface area contributed by atoms with E-state index in [9.17, 15) is 14.4 Å². The van der Waals surface area contributed by atoms with Crippen LogP contribution in [0.3, 0.4) is 0 Å². The van der Waals surface area contributed by atoms with Crippen LogP contribution in [0.25, 0.3) is 11.8 Å². The van der Waals surface area contributed by atoms with Crippen molar-refractivity contribution in [1.29, 1.82) is 0 Å². The van der Waals surface area contributed by atoms with Gasteiger partial charge in [-0.25, -0.2) is 0 Å². The predicted octanol–water partition coefficient (Wildman–Crippen LogP) is 3.42. The van der Waals surface area contributed by atoms with Gasteiger partial charge in [-0.1, -0.05) is 0 Å². The van der Waals surface area contributed by atoms with Crippen LogP contribution in [0, 0.1) is 13.8 Å². The minimum atomic E-state index is -0.609. The van der Waals surface area contributed by atoms with Crippen LogP contribution in [-0.4, -0.2) is 46.5 Å². The number of benzene rings is 1. The van der Waals surface area contributed by atoms with Crippen LogP contribution >= 0.6 is 11.8 Å². The molecule has 0 N–H and O–H groups in total. The summed E-state index contributed by atoms with van der Waals surface area (Å²) in [6.45, 7) is 5.58. The SMILES string of the molecule is CCOC(=O)CN1C(=O)S/C(=C\c2cc(C)n(-c3ccc4c(c3)OCO4)c2C)C1=O. The molecule has 1 fully saturated rings. The molecule has 1 aromatic heterocycles. The second-order valence-corrected chi connectivity index (χ2v) is 7.77. The van der Waals surface area contributed by atoms with Crippen molar-refractivity contribution in [2.24, 2.45) is 0 Å². The van der Waals surface area contributed by atoms with Gasteiger partial charge in [0.2, 0.25) is 6.79 Å². The van der Waals surface area contributed by atoms with E-state index in [1.807, 2.05) is 42.7 Å². The number of carbonyl (C=O) groups is 3. The molecule has 0 spiro atoms. The first-order valence-corrected chi connectivity index (χ1v) is 10.2. The number of ether oxygens (including phenoxy) is 3. The Morgan fingerprint density at radius 2 is 1.97 bits per heavy atom. The molecule has 2 aliphatic rings. The van der Waals surface area contributed by atoms with Crippen molar-refractivity contribution < 1.29 is 28.6 Å². The number of amides is 2. The lowest BCUT2D eigenvalue weighted by Gasteiger charge is -2.11. The van der Waals surface area contributed by atoms with E-state index in [1.54, 1.807) is 13.0 Å². The molecule has 0 bridgehead atoms. The van der Waals surface area contributed by atoms with Crippen LogP contribution < -0.4 is 9.47 Å². The Hall–Kier alpha value is -3.20. The molecule has 0 radical (unpaired) electrons. The highest BCUT2D eigenvalue weighted by atomic mass is 32.2. The lowest BCUT2D eigenvalue weighted by Crippen LogP contribution is -2.34. The second-order valence-electron chi connectivity index (χ2n) is 6.77. The van der Waals surface area contributed by atoms with Gasteiger partial charge >= 0.3 is 5.97 Å². The van der Waals surface area contributed by atoms with Crippen LogP contribution in [-0.2, 0) is 14.3 Å². The number of imide groups is 1. The second kappa shape index (κ2) is 7.91. The van der Waals surface area contributed by atoms with Gasteiger partial charge in [-0.3, -0.25) is 19.3 Å². The molecule has 0 unspecified atom stereocenters. The Labute approximate surface area is 177 Å². The van der Waals surface area contributed by atoms with Crippen molar-refractivity contribution in [1.82, 2.24) is 9.47 Å². The molecule has 0 atom stereocenters. The van der Waals surface area contributed by atoms with E-state index < -0.39 is 17.1 Å². The standard InChI is InChI=1S/C21H20N2O6S/c1-4-27-19(24)10-22-20(25)18(30-21(22)26)8-14-7-12(2)23(13(14)3)15-5-6-16-17(9-15)29-11-28-16/h5-9H,4,10-11H2,1-3H3/b18-8-. The number of aromatic nitrogens is 1. The highest BCUT2D eigenvalue weighted by molar-refractivity contribution is 8.18. The van der Waals surface area contributed by atoms with Crippen molar-refractivity contribution >= 4 is 35.0 Å². The van der Waals surface area contributed by atoms with E-state index in [0.29, 0.717) is 11.5 Å². The van der Waals surface area contributed by atoms with E-state index >= 15 is 0 Å². The highest BCUT2D eigenvalue weighted by Crippen LogP contribution is 2.36. The topological polar surface area (TPSA) is 87.1 Å². The average molecular weight is 428 g/mol. The minimum absolute atomic E-state index is 0.191. The summed E-state index contributed by atoms with van der Waals surface area (Å²) in [5, 5.41) is -0.483. The Morgan fingerprint density at radius 1 is 1.20 bits per heavy atom. The largest absolute Gasteiger partial charge is 0.465 e. The van der Waals surface area contributed by atoms with Crippen LogP contribution in [0.5, 0.6) is 11.5 Å². The third kappa shape index (κ3) is 3.56. The fraction of sp³-hybridized carbons (Fsp3) is 0.286. The van der Waals surface area contributed by atoms with E-state index in [4.69, 9.17) is 14.2 Å². The van der Waals surface area contributed by atoms with Crippen molar-refractivity contribution in [3.05, 3.63) is 46.1 Å². The van der Waals surface area contributed by atoms with Crippen molar-refractivity contribution in [3.8, 4) is 17.2 Å². The molecule has 2 aromatic rings. The van der Waals surface area contributed by atoms with E-state index in [0.717, 1.165) is 39.3 Å². The molecule has 3 heterocycles. The molecule has 9 heteroatoms. The number of fused-ring (bicyclic) bond motifs is 1. The van der Waals surface area contributed by atoms with E-state index in [2.05, 4.69) is 0 Å². The first-order chi connectivity index (χ1) is 14.4. The summed E-state index contributed by atoms with van der Waals surface area (Å²) >= 11 is 0.818. The number of carbonyl (C=O) groups excluding carboxylic acids is 3. The molecule has 0 aliphatic carbocycles. The number of nitrogens with zero attached hydrogens (tertiary/aromatic N) is 2. The zero-order valence-corrected chi connectivity index (χ0v) is 17.6. The van der Waals surface area contributed by atoms with Gasteiger partial charge in [0.15, 0.2) is 11.5 Å². The maximum absolute atomic E-state index is 12.6. The highest BCUT2D eigenvalue weighted by Gasteiger charge is 2.36. The molecule has 2 aliphatic heterocycles.